The fourth-order valence-corrected chi connectivity index (χ4v) is 5.81. The fraction of sp³-hybridized carbons (Fsp3) is 0.379. The van der Waals surface area contributed by atoms with Crippen molar-refractivity contribution < 1.29 is 23.5 Å². The monoisotopic (exact) mass is 503 g/mol. The van der Waals surface area contributed by atoms with Crippen LogP contribution in [0.3, 0.4) is 0 Å². The lowest BCUT2D eigenvalue weighted by molar-refractivity contribution is -0.113. The van der Waals surface area contributed by atoms with Gasteiger partial charge in [-0.05, 0) is 42.9 Å². The van der Waals surface area contributed by atoms with Gasteiger partial charge in [0.05, 0.1) is 24.0 Å². The second-order valence-corrected chi connectivity index (χ2v) is 10.2. The molecule has 2 aromatic rings. The predicted molar refractivity (Wildman–Crippen MR) is 138 cm³/mol. The standard InChI is InChI=1S/C29H30FN3O4/c1-17-6-7-24(18-8-10-37-11-9-18)33-25-14-27(36-2)20(13-23(25)31-28(34)26(33)12-17)29(35)32-15-19-4-3-5-22(30)21(19)16-32/h3-5,7,12-14,17-18H,6,8-11,15-16H2,1-2H3,(H,31,34). The molecule has 0 spiro atoms. The topological polar surface area (TPSA) is 71.1 Å². The summed E-state index contributed by atoms with van der Waals surface area (Å²) in [5.41, 5.74) is 4.72. The van der Waals surface area contributed by atoms with Gasteiger partial charge in [0.25, 0.3) is 11.8 Å². The molecule has 8 heteroatoms. The molecule has 4 aliphatic rings. The molecule has 2 amide bonds. The molecule has 0 radical (unpaired) electrons. The smallest absolute Gasteiger partial charge is 0.272 e. The molecule has 1 fully saturated rings. The Kier molecular flexibility index (Phi) is 5.99. The highest BCUT2D eigenvalue weighted by Crippen LogP contribution is 2.45. The molecule has 1 unspecified atom stereocenters. The largest absolute Gasteiger partial charge is 0.496 e. The summed E-state index contributed by atoms with van der Waals surface area (Å²) < 4.78 is 25.6. The Morgan fingerprint density at radius 3 is 2.76 bits per heavy atom. The van der Waals surface area contributed by atoms with Crippen molar-refractivity contribution in [3.63, 3.8) is 0 Å². The highest BCUT2D eigenvalue weighted by molar-refractivity contribution is 6.14. The molecule has 0 aliphatic carbocycles. The number of anilines is 2. The minimum absolute atomic E-state index is 0.195. The molecular weight excluding hydrogens is 473 g/mol. The van der Waals surface area contributed by atoms with E-state index in [9.17, 15) is 14.0 Å². The van der Waals surface area contributed by atoms with E-state index in [-0.39, 0.29) is 36.0 Å². The summed E-state index contributed by atoms with van der Waals surface area (Å²) in [5, 5.41) is 3.01. The van der Waals surface area contributed by atoms with Crippen molar-refractivity contribution in [1.29, 1.82) is 0 Å². The molecule has 2 aromatic carbocycles. The van der Waals surface area contributed by atoms with Gasteiger partial charge in [0.1, 0.15) is 17.3 Å². The number of amides is 2. The number of methoxy groups -OCH3 is 1. The first-order valence-corrected chi connectivity index (χ1v) is 12.8. The van der Waals surface area contributed by atoms with Gasteiger partial charge in [-0.2, -0.15) is 0 Å². The highest BCUT2D eigenvalue weighted by atomic mass is 19.1. The van der Waals surface area contributed by atoms with Crippen LogP contribution in [0.1, 0.15) is 47.7 Å². The first-order chi connectivity index (χ1) is 17.9. The van der Waals surface area contributed by atoms with Crippen molar-refractivity contribution in [1.82, 2.24) is 4.90 Å². The number of halogens is 1. The predicted octanol–water partition coefficient (Wildman–Crippen LogP) is 4.98. The van der Waals surface area contributed by atoms with Crippen molar-refractivity contribution in [2.24, 2.45) is 11.8 Å². The van der Waals surface area contributed by atoms with Gasteiger partial charge in [-0.25, -0.2) is 4.39 Å². The first kappa shape index (κ1) is 23.7. The van der Waals surface area contributed by atoms with Crippen LogP contribution in [-0.2, 0) is 22.6 Å². The Balaban J connectivity index is 1.41. The highest BCUT2D eigenvalue weighted by Gasteiger charge is 2.37. The molecular formula is C29H30FN3O4. The van der Waals surface area contributed by atoms with Gasteiger partial charge < -0.3 is 24.6 Å². The van der Waals surface area contributed by atoms with Crippen LogP contribution in [0.15, 0.2) is 53.9 Å². The summed E-state index contributed by atoms with van der Waals surface area (Å²) in [4.78, 5) is 30.6. The number of rotatable bonds is 3. The van der Waals surface area contributed by atoms with Crippen LogP contribution < -0.4 is 15.0 Å². The van der Waals surface area contributed by atoms with Crippen molar-refractivity contribution >= 4 is 23.2 Å². The number of carbonyl (C=O) groups excluding carboxylic acids is 2. The lowest BCUT2D eigenvalue weighted by Gasteiger charge is -2.38. The normalized spacial score (nSPS) is 21.3. The molecule has 1 N–H and O–H groups in total. The van der Waals surface area contributed by atoms with Crippen LogP contribution in [-0.4, -0.2) is 37.0 Å². The lowest BCUT2D eigenvalue weighted by atomic mass is 9.93. The molecule has 4 aliphatic heterocycles. The quantitative estimate of drug-likeness (QED) is 0.640. The Labute approximate surface area is 215 Å². The summed E-state index contributed by atoms with van der Waals surface area (Å²) in [6.07, 6.45) is 6.88. The van der Waals surface area contributed by atoms with Crippen molar-refractivity contribution in [3.05, 3.63) is 76.4 Å². The van der Waals surface area contributed by atoms with Crippen LogP contribution in [0.25, 0.3) is 0 Å². The van der Waals surface area contributed by atoms with Crippen LogP contribution in [0.5, 0.6) is 5.75 Å². The Morgan fingerprint density at radius 2 is 2.00 bits per heavy atom. The number of nitrogens with one attached hydrogen (secondary N) is 1. The summed E-state index contributed by atoms with van der Waals surface area (Å²) in [7, 11) is 1.54. The second kappa shape index (κ2) is 9.34. The van der Waals surface area contributed by atoms with Crippen LogP contribution in [0.4, 0.5) is 15.8 Å². The van der Waals surface area contributed by atoms with E-state index in [1.165, 1.54) is 13.2 Å². The van der Waals surface area contributed by atoms with Crippen LogP contribution in [0.2, 0.25) is 0 Å². The van der Waals surface area contributed by atoms with Gasteiger partial charge in [-0.15, -0.1) is 0 Å². The zero-order valence-corrected chi connectivity index (χ0v) is 21.1. The molecule has 37 heavy (non-hydrogen) atoms. The molecule has 0 bridgehead atoms. The van der Waals surface area contributed by atoms with E-state index < -0.39 is 0 Å². The molecule has 0 aromatic heterocycles. The summed E-state index contributed by atoms with van der Waals surface area (Å²) in [5.74, 6) is 0.126. The number of allylic oxidation sites excluding steroid dienone is 3. The summed E-state index contributed by atoms with van der Waals surface area (Å²) >= 11 is 0. The van der Waals surface area contributed by atoms with Crippen LogP contribution >= 0.6 is 0 Å². The summed E-state index contributed by atoms with van der Waals surface area (Å²) in [6, 6.07) is 8.45. The van der Waals surface area contributed by atoms with E-state index in [1.807, 2.05) is 23.1 Å². The van der Waals surface area contributed by atoms with E-state index in [1.54, 1.807) is 17.0 Å². The van der Waals surface area contributed by atoms with E-state index in [4.69, 9.17) is 9.47 Å². The number of hydrogen-bond acceptors (Lipinski definition) is 5. The number of benzene rings is 2. The number of carbonyl (C=O) groups is 2. The average Bonchev–Trinajstić information content (AvgIpc) is 3.27. The third kappa shape index (κ3) is 4.09. The molecule has 0 saturated carbocycles. The maximum absolute atomic E-state index is 14.3. The van der Waals surface area contributed by atoms with Gasteiger partial charge in [-0.1, -0.05) is 31.2 Å². The maximum Gasteiger partial charge on any atom is 0.272 e. The molecule has 1 saturated heterocycles. The number of hydrogen-bond donors (Lipinski definition) is 1. The van der Waals surface area contributed by atoms with Crippen LogP contribution in [0, 0.1) is 17.7 Å². The van der Waals surface area contributed by atoms with Gasteiger partial charge >= 0.3 is 0 Å². The number of ether oxygens (including phenoxy) is 2. The zero-order chi connectivity index (χ0) is 25.7. The molecule has 4 heterocycles. The fourth-order valence-electron chi connectivity index (χ4n) is 5.81. The zero-order valence-electron chi connectivity index (χ0n) is 21.1. The van der Waals surface area contributed by atoms with Gasteiger partial charge in [0.15, 0.2) is 0 Å². The molecule has 7 nitrogen and oxygen atoms in total. The van der Waals surface area contributed by atoms with E-state index >= 15 is 0 Å². The average molecular weight is 504 g/mol. The third-order valence-corrected chi connectivity index (χ3v) is 7.76. The van der Waals surface area contributed by atoms with Crippen molar-refractivity contribution in [2.75, 3.05) is 30.5 Å². The van der Waals surface area contributed by atoms with Gasteiger partial charge in [-0.3, -0.25) is 9.59 Å². The maximum atomic E-state index is 14.3. The minimum atomic E-state index is -0.306. The molecule has 6 rings (SSSR count). The van der Waals surface area contributed by atoms with E-state index in [2.05, 4.69) is 18.3 Å². The number of nitrogens with zero attached hydrogens (tertiary/aromatic N) is 2. The van der Waals surface area contributed by atoms with Gasteiger partial charge in [0.2, 0.25) is 0 Å². The number of fused-ring (bicyclic) bond motifs is 4. The minimum Gasteiger partial charge on any atom is -0.496 e. The van der Waals surface area contributed by atoms with E-state index in [0.29, 0.717) is 48.0 Å². The first-order valence-electron chi connectivity index (χ1n) is 12.8. The Bertz CT molecular complexity index is 1340. The van der Waals surface area contributed by atoms with E-state index in [0.717, 1.165) is 36.2 Å². The second-order valence-electron chi connectivity index (χ2n) is 10.2. The Morgan fingerprint density at radius 1 is 1.19 bits per heavy atom. The lowest BCUT2D eigenvalue weighted by Crippen LogP contribution is -2.38. The Hall–Kier alpha value is -3.65. The van der Waals surface area contributed by atoms with Gasteiger partial charge in [0, 0.05) is 49.5 Å². The SMILES string of the molecule is COc1cc2c(cc1C(=O)N1Cc3cccc(F)c3C1)NC(=O)C1=CC(C)CC=C(C3CCOCC3)N12. The molecule has 1 atom stereocenters. The molecule has 192 valence electrons. The van der Waals surface area contributed by atoms with Crippen molar-refractivity contribution in [2.45, 2.75) is 39.3 Å². The third-order valence-electron chi connectivity index (χ3n) is 7.76. The van der Waals surface area contributed by atoms with Crippen molar-refractivity contribution in [3.8, 4) is 5.75 Å². The summed E-state index contributed by atoms with van der Waals surface area (Å²) in [6.45, 7) is 4.02.